The van der Waals surface area contributed by atoms with Crippen LogP contribution in [0.3, 0.4) is 0 Å². The van der Waals surface area contributed by atoms with Crippen molar-refractivity contribution in [1.29, 1.82) is 0 Å². The fourth-order valence-electron chi connectivity index (χ4n) is 3.99. The van der Waals surface area contributed by atoms with Crippen molar-refractivity contribution in [3.8, 4) is 0 Å². The fraction of sp³-hybridized carbons (Fsp3) is 0.438. The molecule has 4 unspecified atom stereocenters. The predicted octanol–water partition coefficient (Wildman–Crippen LogP) is 2.99. The van der Waals surface area contributed by atoms with E-state index in [2.05, 4.69) is 35.5 Å². The first-order valence-electron chi connectivity index (χ1n) is 7.29. The van der Waals surface area contributed by atoms with Crippen molar-refractivity contribution >= 4 is 6.16 Å². The average Bonchev–Trinajstić information content (AvgIpc) is 2.47. The molecule has 0 spiro atoms. The van der Waals surface area contributed by atoms with E-state index in [-0.39, 0.29) is 6.10 Å². The Morgan fingerprint density at radius 1 is 1.33 bits per heavy atom. The molecule has 0 amide bonds. The maximum atomic E-state index is 10.7. The van der Waals surface area contributed by atoms with Crippen molar-refractivity contribution in [3.05, 3.63) is 48.2 Å². The molecule has 0 saturated heterocycles. The van der Waals surface area contributed by atoms with E-state index < -0.39 is 6.16 Å². The fourth-order valence-corrected chi connectivity index (χ4v) is 3.99. The number of hydrogen-bond acceptors (Lipinski definition) is 4. The molecule has 1 aliphatic carbocycles. The molecule has 5 nitrogen and oxygen atoms in total. The highest BCUT2D eigenvalue weighted by Gasteiger charge is 2.45. The first-order chi connectivity index (χ1) is 10.2. The summed E-state index contributed by atoms with van der Waals surface area (Å²) in [6, 6.07) is 0.448. The topological polar surface area (TPSA) is 59.0 Å². The third-order valence-corrected chi connectivity index (χ3v) is 4.72. The maximum absolute atomic E-state index is 10.7. The minimum absolute atomic E-state index is 0.0337. The normalized spacial score (nSPS) is 35.9. The van der Waals surface area contributed by atoms with Gasteiger partial charge in [0.05, 0.1) is 0 Å². The lowest BCUT2D eigenvalue weighted by molar-refractivity contribution is 0.0210. The van der Waals surface area contributed by atoms with E-state index in [9.17, 15) is 4.79 Å². The molecule has 110 valence electrons. The van der Waals surface area contributed by atoms with E-state index in [4.69, 9.17) is 14.6 Å². The summed E-state index contributed by atoms with van der Waals surface area (Å²) in [5.74, 6) is 1.24. The molecule has 0 radical (unpaired) electrons. The summed E-state index contributed by atoms with van der Waals surface area (Å²) in [5.41, 5.74) is 1.16. The lowest BCUT2D eigenvalue weighted by Gasteiger charge is -2.49. The van der Waals surface area contributed by atoms with Crippen LogP contribution in [0, 0.1) is 11.8 Å². The van der Waals surface area contributed by atoms with Crippen molar-refractivity contribution in [2.24, 2.45) is 11.8 Å². The molecule has 4 atom stereocenters. The van der Waals surface area contributed by atoms with Gasteiger partial charge in [-0.25, -0.2) is 4.79 Å². The largest absolute Gasteiger partial charge is 0.511 e. The van der Waals surface area contributed by atoms with E-state index >= 15 is 0 Å². The van der Waals surface area contributed by atoms with Gasteiger partial charge in [-0.1, -0.05) is 18.2 Å². The Balaban J connectivity index is 1.65. The van der Waals surface area contributed by atoms with E-state index in [0.29, 0.717) is 30.1 Å². The van der Waals surface area contributed by atoms with Crippen LogP contribution in [0.2, 0.25) is 0 Å². The zero-order valence-electron chi connectivity index (χ0n) is 11.5. The summed E-state index contributed by atoms with van der Waals surface area (Å²) in [6.45, 7) is 0. The first-order valence-corrected chi connectivity index (χ1v) is 7.29. The van der Waals surface area contributed by atoms with E-state index in [1.54, 1.807) is 0 Å². The molecular weight excluding hydrogens is 270 g/mol. The number of allylic oxidation sites excluding steroid dienone is 3. The number of carboxylic acid groups (broad SMARTS) is 1. The number of nitrogens with zero attached hydrogens (tertiary/aromatic N) is 1. The lowest BCUT2D eigenvalue weighted by Crippen LogP contribution is -2.51. The summed E-state index contributed by atoms with van der Waals surface area (Å²) in [7, 11) is 0. The zero-order valence-corrected chi connectivity index (χ0v) is 11.5. The molecule has 0 saturated carbocycles. The molecule has 4 rings (SSSR count). The van der Waals surface area contributed by atoms with Gasteiger partial charge in [0.1, 0.15) is 18.1 Å². The van der Waals surface area contributed by atoms with Gasteiger partial charge in [-0.2, -0.15) is 0 Å². The van der Waals surface area contributed by atoms with Crippen molar-refractivity contribution in [2.45, 2.75) is 31.4 Å². The van der Waals surface area contributed by atoms with E-state index in [1.807, 2.05) is 0 Å². The molecule has 0 bridgehead atoms. The minimum atomic E-state index is -1.29. The summed E-state index contributed by atoms with van der Waals surface area (Å²) in [4.78, 5) is 12.9. The second kappa shape index (κ2) is 4.69. The van der Waals surface area contributed by atoms with E-state index in [1.165, 1.54) is 6.26 Å². The van der Waals surface area contributed by atoms with Crippen molar-refractivity contribution in [3.63, 3.8) is 0 Å². The molecule has 0 fully saturated rings. The Hall–Kier alpha value is -2.17. The summed E-state index contributed by atoms with van der Waals surface area (Å²) < 4.78 is 10.6. The molecule has 21 heavy (non-hydrogen) atoms. The highest BCUT2D eigenvalue weighted by atomic mass is 16.7. The van der Waals surface area contributed by atoms with Gasteiger partial charge in [-0.05, 0) is 30.8 Å². The number of carbonyl (C=O) groups is 1. The molecule has 0 aromatic heterocycles. The lowest BCUT2D eigenvalue weighted by atomic mass is 9.69. The quantitative estimate of drug-likeness (QED) is 0.593. The average molecular weight is 287 g/mol. The van der Waals surface area contributed by atoms with Crippen LogP contribution >= 0.6 is 0 Å². The van der Waals surface area contributed by atoms with Gasteiger partial charge >= 0.3 is 6.16 Å². The molecule has 0 aromatic carbocycles. The van der Waals surface area contributed by atoms with Gasteiger partial charge in [-0.3, -0.25) is 0 Å². The number of hydrogen-bond donors (Lipinski definition) is 1. The van der Waals surface area contributed by atoms with Crippen LogP contribution in [0.5, 0.6) is 0 Å². The van der Waals surface area contributed by atoms with Crippen molar-refractivity contribution in [2.75, 3.05) is 0 Å². The number of ether oxygens (including phenoxy) is 2. The van der Waals surface area contributed by atoms with Crippen molar-refractivity contribution in [1.82, 2.24) is 4.90 Å². The van der Waals surface area contributed by atoms with Crippen LogP contribution in [0.15, 0.2) is 48.2 Å². The van der Waals surface area contributed by atoms with Crippen molar-refractivity contribution < 1.29 is 19.4 Å². The monoisotopic (exact) mass is 287 g/mol. The maximum Gasteiger partial charge on any atom is 0.511 e. The van der Waals surface area contributed by atoms with E-state index in [0.717, 1.165) is 18.4 Å². The SMILES string of the molecule is O=C(O)OC1=COC2C(=CC3CC=CN4C=CCC2C34)C1. The minimum Gasteiger partial charge on any atom is -0.490 e. The standard InChI is InChI=1S/C16H17NO4/c18-16(19)21-12-8-11-7-10-3-1-5-17-6-2-4-13(14(10)17)15(11)20-9-12/h1-2,5-7,9-10,13-15H,3-4,8H2,(H,18,19). The summed E-state index contributed by atoms with van der Waals surface area (Å²) in [6.07, 6.45) is 13.7. The van der Waals surface area contributed by atoms with Crippen LogP contribution in [0.25, 0.3) is 0 Å². The summed E-state index contributed by atoms with van der Waals surface area (Å²) in [5, 5.41) is 8.73. The van der Waals surface area contributed by atoms with Crippen LogP contribution in [0.1, 0.15) is 19.3 Å². The molecule has 3 heterocycles. The molecule has 1 N–H and O–H groups in total. The third-order valence-electron chi connectivity index (χ3n) is 4.72. The Morgan fingerprint density at radius 3 is 2.95 bits per heavy atom. The van der Waals surface area contributed by atoms with Crippen LogP contribution in [0.4, 0.5) is 4.79 Å². The van der Waals surface area contributed by atoms with Gasteiger partial charge in [-0.15, -0.1) is 0 Å². The van der Waals surface area contributed by atoms with Crippen LogP contribution in [-0.2, 0) is 9.47 Å². The molecular formula is C16H17NO4. The second-order valence-corrected chi connectivity index (χ2v) is 5.93. The Labute approximate surface area is 122 Å². The second-order valence-electron chi connectivity index (χ2n) is 5.93. The number of fused-ring (bicyclic) bond motifs is 2. The smallest absolute Gasteiger partial charge is 0.490 e. The Bertz CT molecular complexity index is 589. The summed E-state index contributed by atoms with van der Waals surface area (Å²) >= 11 is 0. The third kappa shape index (κ3) is 2.04. The van der Waals surface area contributed by atoms with Crippen LogP contribution < -0.4 is 0 Å². The zero-order chi connectivity index (χ0) is 14.4. The van der Waals surface area contributed by atoms with Crippen LogP contribution in [-0.4, -0.2) is 28.3 Å². The van der Waals surface area contributed by atoms with Gasteiger partial charge in [0, 0.05) is 24.3 Å². The van der Waals surface area contributed by atoms with Gasteiger partial charge in [0.2, 0.25) is 0 Å². The number of rotatable bonds is 1. The molecule has 4 aliphatic rings. The predicted molar refractivity (Wildman–Crippen MR) is 74.9 cm³/mol. The Morgan fingerprint density at radius 2 is 2.14 bits per heavy atom. The van der Waals surface area contributed by atoms with Gasteiger partial charge in [0.25, 0.3) is 0 Å². The highest BCUT2D eigenvalue weighted by molar-refractivity contribution is 5.58. The highest BCUT2D eigenvalue weighted by Crippen LogP contribution is 2.45. The molecule has 5 heteroatoms. The first kappa shape index (κ1) is 12.6. The molecule has 0 aromatic rings. The van der Waals surface area contributed by atoms with Gasteiger partial charge < -0.3 is 19.5 Å². The Kier molecular flexibility index (Phi) is 2.80. The molecule has 3 aliphatic heterocycles. The van der Waals surface area contributed by atoms with Gasteiger partial charge in [0.15, 0.2) is 0 Å².